The summed E-state index contributed by atoms with van der Waals surface area (Å²) in [7, 11) is 2.63. The lowest BCUT2D eigenvalue weighted by Gasteiger charge is -2.39. The maximum Gasteiger partial charge on any atom is 0.336 e. The molecule has 1 aromatic heterocycles. The van der Waals surface area contributed by atoms with Crippen LogP contribution in [0, 0.1) is 5.92 Å². The minimum atomic E-state index is -0.969. The number of thiophene rings is 1. The maximum absolute atomic E-state index is 14.0. The Kier molecular flexibility index (Phi) is 6.51. The number of methoxy groups -OCH3 is 2. The first kappa shape index (κ1) is 23.0. The van der Waals surface area contributed by atoms with Crippen molar-refractivity contribution in [1.82, 2.24) is 5.32 Å². The molecule has 33 heavy (non-hydrogen) atoms. The predicted molar refractivity (Wildman–Crippen MR) is 126 cm³/mol. The molecule has 0 saturated carbocycles. The third-order valence-corrected chi connectivity index (χ3v) is 7.51. The van der Waals surface area contributed by atoms with E-state index in [0.717, 1.165) is 28.1 Å². The van der Waals surface area contributed by atoms with Gasteiger partial charge in [0.25, 0.3) is 0 Å². The summed E-state index contributed by atoms with van der Waals surface area (Å²) in [5, 5.41) is 5.23. The van der Waals surface area contributed by atoms with Gasteiger partial charge in [-0.05, 0) is 42.3 Å². The van der Waals surface area contributed by atoms with Crippen LogP contribution in [0.5, 0.6) is 0 Å². The van der Waals surface area contributed by atoms with Crippen LogP contribution >= 0.6 is 11.3 Å². The van der Waals surface area contributed by atoms with Crippen molar-refractivity contribution in [2.24, 2.45) is 5.92 Å². The average molecular weight is 466 g/mol. The highest BCUT2D eigenvalue weighted by Gasteiger charge is 2.49. The average Bonchev–Trinajstić information content (AvgIpc) is 3.37. The molecular weight excluding hydrogens is 438 g/mol. The van der Waals surface area contributed by atoms with Gasteiger partial charge in [0.05, 0.1) is 19.8 Å². The number of carbonyl (C=O) groups is 3. The van der Waals surface area contributed by atoms with Gasteiger partial charge in [-0.3, -0.25) is 9.59 Å². The molecule has 0 unspecified atom stereocenters. The molecule has 1 N–H and O–H groups in total. The maximum atomic E-state index is 14.0. The number of allylic oxidation sites excluding steroid dienone is 3. The van der Waals surface area contributed by atoms with Crippen LogP contribution in [0.25, 0.3) is 0 Å². The lowest BCUT2D eigenvalue weighted by molar-refractivity contribution is -0.149. The molecule has 0 fully saturated rings. The minimum Gasteiger partial charge on any atom is -0.468 e. The highest BCUT2D eigenvalue weighted by molar-refractivity contribution is 7.10. The van der Waals surface area contributed by atoms with Gasteiger partial charge in [0.1, 0.15) is 5.92 Å². The van der Waals surface area contributed by atoms with Crippen LogP contribution in [-0.2, 0) is 30.3 Å². The van der Waals surface area contributed by atoms with E-state index < -0.39 is 23.8 Å². The third kappa shape index (κ3) is 4.02. The topological polar surface area (TPSA) is 81.7 Å². The number of ketones is 1. The summed E-state index contributed by atoms with van der Waals surface area (Å²) < 4.78 is 10.1. The van der Waals surface area contributed by atoms with Crippen molar-refractivity contribution in [2.75, 3.05) is 14.2 Å². The number of aryl methyl sites for hydroxylation is 1. The first-order chi connectivity index (χ1) is 15.9. The van der Waals surface area contributed by atoms with Gasteiger partial charge in [-0.2, -0.15) is 0 Å². The molecule has 1 aromatic carbocycles. The van der Waals surface area contributed by atoms with E-state index in [1.54, 1.807) is 0 Å². The number of ether oxygens (including phenoxy) is 2. The summed E-state index contributed by atoms with van der Waals surface area (Å²) in [5.74, 6) is -3.29. The SMILES string of the molecule is CCc1ccc([C@H]2C(C(=O)OC)=C(C)NC3=C2C(=O)[C@@H](C(=O)OC)[C@H](c2cccs2)C3)cc1. The van der Waals surface area contributed by atoms with Gasteiger partial charge in [-0.25, -0.2) is 4.79 Å². The van der Waals surface area contributed by atoms with Gasteiger partial charge in [0.2, 0.25) is 0 Å². The number of hydrogen-bond acceptors (Lipinski definition) is 7. The Morgan fingerprint density at radius 1 is 1.12 bits per heavy atom. The molecule has 3 atom stereocenters. The van der Waals surface area contributed by atoms with Crippen molar-refractivity contribution in [2.45, 2.75) is 38.5 Å². The van der Waals surface area contributed by atoms with Gasteiger partial charge in [-0.15, -0.1) is 11.3 Å². The third-order valence-electron chi connectivity index (χ3n) is 6.51. The molecule has 2 heterocycles. The molecule has 7 heteroatoms. The van der Waals surface area contributed by atoms with E-state index in [2.05, 4.69) is 12.2 Å². The molecule has 0 amide bonds. The molecule has 1 aliphatic carbocycles. The number of dihydropyridines is 1. The first-order valence-electron chi connectivity index (χ1n) is 10.9. The van der Waals surface area contributed by atoms with E-state index in [9.17, 15) is 14.4 Å². The summed E-state index contributed by atoms with van der Waals surface area (Å²) in [4.78, 5) is 40.6. The lowest BCUT2D eigenvalue weighted by Crippen LogP contribution is -2.43. The molecule has 6 nitrogen and oxygen atoms in total. The van der Waals surface area contributed by atoms with E-state index in [0.29, 0.717) is 23.3 Å². The Hall–Kier alpha value is -3.19. The van der Waals surface area contributed by atoms with E-state index in [4.69, 9.17) is 9.47 Å². The quantitative estimate of drug-likeness (QED) is 0.525. The largest absolute Gasteiger partial charge is 0.468 e. The molecule has 0 radical (unpaired) electrons. The second kappa shape index (κ2) is 9.35. The first-order valence-corrected chi connectivity index (χ1v) is 11.8. The summed E-state index contributed by atoms with van der Waals surface area (Å²) in [6.07, 6.45) is 1.35. The Morgan fingerprint density at radius 3 is 2.42 bits per heavy atom. The number of carbonyl (C=O) groups excluding carboxylic acids is 3. The Bertz CT molecular complexity index is 1140. The van der Waals surface area contributed by atoms with E-state index in [-0.39, 0.29) is 11.7 Å². The van der Waals surface area contributed by atoms with Crippen LogP contribution in [0.15, 0.2) is 64.3 Å². The number of esters is 2. The molecule has 0 saturated heterocycles. The molecule has 4 rings (SSSR count). The zero-order valence-corrected chi connectivity index (χ0v) is 20.0. The highest BCUT2D eigenvalue weighted by Crippen LogP contribution is 2.48. The monoisotopic (exact) mass is 465 g/mol. The summed E-state index contributed by atoms with van der Waals surface area (Å²) in [5.41, 5.74) is 4.18. The molecule has 0 spiro atoms. The number of rotatable bonds is 5. The zero-order chi connectivity index (χ0) is 23.7. The van der Waals surface area contributed by atoms with Crippen molar-refractivity contribution >= 4 is 29.1 Å². The lowest BCUT2D eigenvalue weighted by atomic mass is 9.68. The van der Waals surface area contributed by atoms with Crippen molar-refractivity contribution in [3.8, 4) is 0 Å². The van der Waals surface area contributed by atoms with Crippen molar-refractivity contribution in [3.63, 3.8) is 0 Å². The van der Waals surface area contributed by atoms with Gasteiger partial charge in [0, 0.05) is 33.7 Å². The second-order valence-electron chi connectivity index (χ2n) is 8.27. The predicted octanol–water partition coefficient (Wildman–Crippen LogP) is 4.24. The van der Waals surface area contributed by atoms with Crippen LogP contribution in [-0.4, -0.2) is 31.9 Å². The Balaban J connectivity index is 1.89. The van der Waals surface area contributed by atoms with Gasteiger partial charge < -0.3 is 14.8 Å². The second-order valence-corrected chi connectivity index (χ2v) is 9.25. The molecule has 2 aromatic rings. The summed E-state index contributed by atoms with van der Waals surface area (Å²) >= 11 is 1.52. The summed E-state index contributed by atoms with van der Waals surface area (Å²) in [6.45, 7) is 3.89. The number of Topliss-reactive ketones (excluding diaryl/α,β-unsaturated/α-hetero) is 1. The van der Waals surface area contributed by atoms with Crippen molar-refractivity contribution < 1.29 is 23.9 Å². The van der Waals surface area contributed by atoms with Crippen molar-refractivity contribution in [3.05, 3.63) is 80.3 Å². The van der Waals surface area contributed by atoms with Crippen LogP contribution < -0.4 is 5.32 Å². The molecule has 2 aliphatic rings. The number of nitrogens with one attached hydrogen (secondary N) is 1. The Morgan fingerprint density at radius 2 is 1.85 bits per heavy atom. The van der Waals surface area contributed by atoms with Gasteiger partial charge >= 0.3 is 11.9 Å². The van der Waals surface area contributed by atoms with E-state index >= 15 is 0 Å². The standard InChI is InChI=1S/C26H27NO5S/c1-5-15-8-10-16(11-9-15)21-20(25(29)31-3)14(2)27-18-13-17(19-7-6-12-33-19)22(26(30)32-4)24(28)23(18)21/h6-12,17,21-22,27H,5,13H2,1-4H3/t17-,21-,22-/m0/s1. The fourth-order valence-electron chi connectivity index (χ4n) is 4.86. The molecular formula is C26H27NO5S. The van der Waals surface area contributed by atoms with Gasteiger partial charge in [0.15, 0.2) is 5.78 Å². The molecule has 1 aliphatic heterocycles. The zero-order valence-electron chi connectivity index (χ0n) is 19.1. The Labute approximate surface area is 197 Å². The van der Waals surface area contributed by atoms with Crippen LogP contribution in [0.2, 0.25) is 0 Å². The minimum absolute atomic E-state index is 0.313. The summed E-state index contributed by atoms with van der Waals surface area (Å²) in [6, 6.07) is 11.7. The number of benzene rings is 1. The van der Waals surface area contributed by atoms with E-state index in [1.807, 2.05) is 48.7 Å². The normalized spacial score (nSPS) is 22.5. The van der Waals surface area contributed by atoms with Gasteiger partial charge in [-0.1, -0.05) is 37.3 Å². The fraction of sp³-hybridized carbons (Fsp3) is 0.346. The fourth-order valence-corrected chi connectivity index (χ4v) is 5.73. The highest BCUT2D eigenvalue weighted by atomic mass is 32.1. The van der Waals surface area contributed by atoms with Crippen LogP contribution in [0.1, 0.15) is 48.1 Å². The number of hydrogen-bond donors (Lipinski definition) is 1. The molecule has 172 valence electrons. The van der Waals surface area contributed by atoms with Crippen molar-refractivity contribution in [1.29, 1.82) is 0 Å². The van der Waals surface area contributed by atoms with Crippen LogP contribution in [0.3, 0.4) is 0 Å². The van der Waals surface area contributed by atoms with E-state index in [1.165, 1.54) is 25.6 Å². The molecule has 0 bridgehead atoms. The van der Waals surface area contributed by atoms with Crippen LogP contribution in [0.4, 0.5) is 0 Å². The smallest absolute Gasteiger partial charge is 0.336 e.